The van der Waals surface area contributed by atoms with Gasteiger partial charge >= 0.3 is 5.97 Å². The van der Waals surface area contributed by atoms with Crippen LogP contribution in [0.2, 0.25) is 0 Å². The van der Waals surface area contributed by atoms with Crippen LogP contribution in [0.15, 0.2) is 54.7 Å². The number of nitrogens with zero attached hydrogens (tertiary/aromatic N) is 5. The molecule has 6 bridgehead atoms. The molecule has 6 atom stereocenters. The van der Waals surface area contributed by atoms with Crippen LogP contribution < -0.4 is 16.1 Å². The number of aromatic nitrogens is 2. The van der Waals surface area contributed by atoms with Crippen molar-refractivity contribution in [2.45, 2.75) is 129 Å². The van der Waals surface area contributed by atoms with Crippen molar-refractivity contribution in [3.05, 3.63) is 71.5 Å². The molecule has 8 rings (SSSR count). The van der Waals surface area contributed by atoms with Crippen LogP contribution in [0.1, 0.15) is 96.6 Å². The fourth-order valence-electron chi connectivity index (χ4n) is 10.6. The van der Waals surface area contributed by atoms with E-state index in [1.165, 1.54) is 21.2 Å². The number of hydrogen-bond donors (Lipinski definition) is 4. The molecule has 16 heteroatoms. The van der Waals surface area contributed by atoms with Crippen LogP contribution >= 0.6 is 0 Å². The number of aryl methyl sites for hydroxylation is 1. The second-order valence-electron chi connectivity index (χ2n) is 20.8. The number of hydrogen-bond acceptors (Lipinski definition) is 11. The fraction of sp³-hybridized carbons (Fsp3) is 0.547. The average molecular weight is 947 g/mol. The maximum Gasteiger partial charge on any atom is 0.324 e. The van der Waals surface area contributed by atoms with E-state index in [0.29, 0.717) is 42.9 Å². The van der Waals surface area contributed by atoms with Crippen molar-refractivity contribution in [3.63, 3.8) is 0 Å². The van der Waals surface area contributed by atoms with Crippen LogP contribution in [-0.2, 0) is 52.8 Å². The molecule has 3 fully saturated rings. The number of hydrazine groups is 1. The maximum atomic E-state index is 14.8. The zero-order chi connectivity index (χ0) is 49.5. The first-order valence-electron chi connectivity index (χ1n) is 24.7. The molecule has 370 valence electrons. The number of ether oxygens (including phenoxy) is 2. The Morgan fingerprint density at radius 1 is 1.03 bits per heavy atom. The number of likely N-dealkylation sites (N-methyl/N-ethyl adjacent to an activating group) is 2. The fourth-order valence-corrected chi connectivity index (χ4v) is 10.6. The summed E-state index contributed by atoms with van der Waals surface area (Å²) in [5, 5.41) is 20.0. The summed E-state index contributed by atoms with van der Waals surface area (Å²) in [6.07, 6.45) is 6.32. The minimum absolute atomic E-state index is 0.0142. The molecule has 4 aliphatic rings. The molecule has 2 saturated heterocycles. The van der Waals surface area contributed by atoms with Gasteiger partial charge in [0.05, 0.1) is 30.6 Å². The summed E-state index contributed by atoms with van der Waals surface area (Å²) in [5.41, 5.74) is 9.52. The van der Waals surface area contributed by atoms with E-state index in [-0.39, 0.29) is 61.9 Å². The van der Waals surface area contributed by atoms with Crippen LogP contribution in [0.3, 0.4) is 0 Å². The van der Waals surface area contributed by atoms with Crippen molar-refractivity contribution in [1.29, 1.82) is 0 Å². The first-order valence-corrected chi connectivity index (χ1v) is 24.7. The number of esters is 1. The summed E-state index contributed by atoms with van der Waals surface area (Å²) in [7, 11) is 4.82. The first-order chi connectivity index (χ1) is 32.9. The van der Waals surface area contributed by atoms with Crippen LogP contribution in [0, 0.1) is 17.3 Å². The molecule has 3 aliphatic heterocycles. The van der Waals surface area contributed by atoms with Crippen molar-refractivity contribution < 1.29 is 38.6 Å². The Hall–Kier alpha value is -5.84. The summed E-state index contributed by atoms with van der Waals surface area (Å²) < 4.78 is 14.2. The molecule has 2 aromatic carbocycles. The molecule has 4 aromatic rings. The van der Waals surface area contributed by atoms with Gasteiger partial charge in [-0.15, -0.1) is 0 Å². The van der Waals surface area contributed by atoms with E-state index in [1.807, 2.05) is 39.0 Å². The number of rotatable bonds is 12. The zero-order valence-electron chi connectivity index (χ0n) is 41.6. The Bertz CT molecular complexity index is 2600. The predicted octanol–water partition coefficient (Wildman–Crippen LogP) is 5.53. The van der Waals surface area contributed by atoms with Crippen molar-refractivity contribution in [1.82, 2.24) is 40.4 Å². The van der Waals surface area contributed by atoms with Crippen molar-refractivity contribution in [3.8, 4) is 28.1 Å². The van der Waals surface area contributed by atoms with Crippen LogP contribution in [0.25, 0.3) is 33.3 Å². The minimum Gasteiger partial charge on any atom is -0.508 e. The van der Waals surface area contributed by atoms with Crippen molar-refractivity contribution >= 4 is 40.5 Å². The molecule has 1 unspecified atom stereocenters. The Morgan fingerprint density at radius 3 is 2.49 bits per heavy atom. The monoisotopic (exact) mass is 947 g/mol. The second kappa shape index (κ2) is 20.2. The predicted molar refractivity (Wildman–Crippen MR) is 262 cm³/mol. The molecule has 4 N–H and O–H groups in total. The van der Waals surface area contributed by atoms with E-state index in [1.54, 1.807) is 39.5 Å². The SMILES string of the molecule is CCn1c(-c2cccnc2[C@H](C)OC)c2c3cc(ccc31)-c1cc(O)cc(c1)C[C@H](NC(=O)C(C(C)C)N(C)C(=O)CN(C)C(=O)[C@@H]1N[C@@H]1C1CCC1)C(=O)N1CCC[C@H](N1)C(=O)OCC(C)(C)C2. The summed E-state index contributed by atoms with van der Waals surface area (Å²) >= 11 is 0. The Balaban J connectivity index is 1.15. The highest BCUT2D eigenvalue weighted by atomic mass is 16.5. The average Bonchev–Trinajstić information content (AvgIpc) is 4.02. The van der Waals surface area contributed by atoms with E-state index >= 15 is 0 Å². The lowest BCUT2D eigenvalue weighted by Crippen LogP contribution is -2.62. The van der Waals surface area contributed by atoms with E-state index in [4.69, 9.17) is 14.5 Å². The van der Waals surface area contributed by atoms with Gasteiger partial charge in [0, 0.05) is 74.8 Å². The number of aromatic hydroxyl groups is 1. The number of nitrogens with one attached hydrogen (secondary N) is 3. The van der Waals surface area contributed by atoms with Gasteiger partial charge in [-0.1, -0.05) is 46.2 Å². The molecule has 69 heavy (non-hydrogen) atoms. The molecule has 1 aliphatic carbocycles. The molecule has 2 aromatic heterocycles. The minimum atomic E-state index is -1.18. The number of carbonyl (C=O) groups is 5. The van der Waals surface area contributed by atoms with Crippen LogP contribution in [0.4, 0.5) is 0 Å². The molecular weight excluding hydrogens is 877 g/mol. The van der Waals surface area contributed by atoms with E-state index in [9.17, 15) is 29.1 Å². The highest BCUT2D eigenvalue weighted by Crippen LogP contribution is 2.42. The normalized spacial score (nSPS) is 22.6. The van der Waals surface area contributed by atoms with Gasteiger partial charge in [0.25, 0.3) is 5.91 Å². The zero-order valence-corrected chi connectivity index (χ0v) is 41.6. The van der Waals surface area contributed by atoms with Gasteiger partial charge in [-0.25, -0.2) is 5.43 Å². The highest BCUT2D eigenvalue weighted by Gasteiger charge is 2.50. The van der Waals surface area contributed by atoms with Crippen molar-refractivity contribution in [2.75, 3.05) is 40.9 Å². The van der Waals surface area contributed by atoms with Gasteiger partial charge in [-0.3, -0.25) is 39.3 Å². The van der Waals surface area contributed by atoms with Crippen LogP contribution in [0.5, 0.6) is 5.75 Å². The number of cyclic esters (lactones) is 1. The van der Waals surface area contributed by atoms with Gasteiger partial charge in [0.15, 0.2) is 0 Å². The van der Waals surface area contributed by atoms with E-state index < -0.39 is 47.2 Å². The number of benzene rings is 2. The van der Waals surface area contributed by atoms with E-state index in [0.717, 1.165) is 51.8 Å². The van der Waals surface area contributed by atoms with Gasteiger partial charge in [-0.2, -0.15) is 0 Å². The molecule has 1 saturated carbocycles. The van der Waals surface area contributed by atoms with Gasteiger partial charge in [0.1, 0.15) is 29.9 Å². The van der Waals surface area contributed by atoms with E-state index in [2.05, 4.69) is 59.6 Å². The lowest BCUT2D eigenvalue weighted by Gasteiger charge is -2.37. The molecule has 5 heterocycles. The molecular formula is C53H70N8O8. The van der Waals surface area contributed by atoms with Gasteiger partial charge < -0.3 is 34.3 Å². The number of methoxy groups -OCH3 is 1. The quantitative estimate of drug-likeness (QED) is 0.103. The van der Waals surface area contributed by atoms with Crippen LogP contribution in [-0.4, -0.2) is 130 Å². The summed E-state index contributed by atoms with van der Waals surface area (Å²) in [6.45, 7) is 12.7. The molecule has 16 nitrogen and oxygen atoms in total. The number of pyridine rings is 1. The molecule has 4 amide bonds. The Kier molecular flexibility index (Phi) is 14.5. The summed E-state index contributed by atoms with van der Waals surface area (Å²) in [5.74, 6) is -1.97. The Labute approximate surface area is 405 Å². The van der Waals surface area contributed by atoms with Gasteiger partial charge in [0.2, 0.25) is 17.7 Å². The third-order valence-corrected chi connectivity index (χ3v) is 14.7. The molecule has 0 radical (unpaired) electrons. The molecule has 0 spiro atoms. The number of phenolic OH excluding ortho intramolecular Hbond substituents is 1. The largest absolute Gasteiger partial charge is 0.508 e. The number of amides is 4. The highest BCUT2D eigenvalue weighted by molar-refractivity contribution is 5.96. The second-order valence-corrected chi connectivity index (χ2v) is 20.8. The topological polar surface area (TPSA) is 198 Å². The third-order valence-electron chi connectivity index (χ3n) is 14.7. The van der Waals surface area contributed by atoms with Gasteiger partial charge in [-0.05, 0) is 116 Å². The lowest BCUT2D eigenvalue weighted by atomic mass is 9.81. The third kappa shape index (κ3) is 10.4. The summed E-state index contributed by atoms with van der Waals surface area (Å²) in [6, 6.07) is 12.3. The Morgan fingerprint density at radius 2 is 1.80 bits per heavy atom. The first kappa shape index (κ1) is 49.6. The summed E-state index contributed by atoms with van der Waals surface area (Å²) in [4.78, 5) is 78.0. The number of fused-ring (bicyclic) bond motifs is 6. The lowest BCUT2D eigenvalue weighted by molar-refractivity contribution is -0.155. The number of carbonyl (C=O) groups excluding carboxylic acids is 5. The number of phenols is 1. The maximum absolute atomic E-state index is 14.8. The standard InChI is InChI=1S/C53H70N8O8/c1-10-60-42-19-18-34-26-38(42)39(48(60)37-16-12-20-54-44(37)31(4)68-9)27-53(5,6)29-69-52(67)40-17-13-21-61(57-40)50(65)41(24-32-22-35(34)25-36(62)23-32)55-49(64)47(30(2)3)59(8)43(63)28-58(7)51(66)46-45(56-46)33-14-11-15-33/h12,16,18-20,22-23,25-26,30-31,33,40-41,45-47,56-57,62H,10-11,13-15,17,21,24,27-29H2,1-9H3,(H,55,64)/t31-,40-,41-,45+,46+,47?/m0/s1. The van der Waals surface area contributed by atoms with Crippen molar-refractivity contribution in [2.24, 2.45) is 17.3 Å². The smallest absolute Gasteiger partial charge is 0.324 e.